The van der Waals surface area contributed by atoms with Crippen LogP contribution in [0.2, 0.25) is 0 Å². The van der Waals surface area contributed by atoms with E-state index in [4.69, 9.17) is 9.47 Å². The molecule has 1 amide bonds. The van der Waals surface area contributed by atoms with Gasteiger partial charge >= 0.3 is 11.9 Å². The highest BCUT2D eigenvalue weighted by Gasteiger charge is 2.23. The van der Waals surface area contributed by atoms with Crippen molar-refractivity contribution in [3.8, 4) is 0 Å². The number of ether oxygens (including phenoxy) is 2. The van der Waals surface area contributed by atoms with Gasteiger partial charge < -0.3 is 19.3 Å². The SMILES string of the molecule is CCCCCCCCCCC(CCCCCCC(=O)OCC(CCCCCC)CCCCCCCC)N(CCCN(C)C)C(=O)CCCCCCC(=O)OCC(CCCC)CCCCCC. The lowest BCUT2D eigenvalue weighted by Gasteiger charge is -2.33. The van der Waals surface area contributed by atoms with E-state index in [9.17, 15) is 14.4 Å². The van der Waals surface area contributed by atoms with Crippen LogP contribution in [0.1, 0.15) is 304 Å². The van der Waals surface area contributed by atoms with E-state index in [-0.39, 0.29) is 18.0 Å². The van der Waals surface area contributed by atoms with E-state index >= 15 is 0 Å². The molecule has 0 saturated heterocycles. The van der Waals surface area contributed by atoms with Crippen LogP contribution < -0.4 is 0 Å². The molecule has 0 saturated carbocycles. The Labute approximate surface area is 412 Å². The Morgan fingerprint density at radius 2 is 0.667 bits per heavy atom. The summed E-state index contributed by atoms with van der Waals surface area (Å²) < 4.78 is 11.7. The molecule has 392 valence electrons. The van der Waals surface area contributed by atoms with Gasteiger partial charge in [-0.05, 0) is 96.7 Å². The molecule has 7 nitrogen and oxygen atoms in total. The maximum absolute atomic E-state index is 14.1. The number of amides is 1. The summed E-state index contributed by atoms with van der Waals surface area (Å²) in [5.74, 6) is 1.27. The highest BCUT2D eigenvalue weighted by molar-refractivity contribution is 5.76. The molecule has 0 bridgehead atoms. The number of rotatable bonds is 52. The second-order valence-corrected chi connectivity index (χ2v) is 21.0. The Morgan fingerprint density at radius 3 is 1.06 bits per heavy atom. The third kappa shape index (κ3) is 42.5. The zero-order valence-electron chi connectivity index (χ0n) is 45.7. The molecule has 0 heterocycles. The monoisotopic (exact) mass is 933 g/mol. The summed E-state index contributed by atoms with van der Waals surface area (Å²) in [5.41, 5.74) is 0. The zero-order valence-corrected chi connectivity index (χ0v) is 45.7. The first-order chi connectivity index (χ1) is 32.2. The maximum atomic E-state index is 14.1. The van der Waals surface area contributed by atoms with E-state index in [0.717, 1.165) is 90.1 Å². The normalized spacial score (nSPS) is 13.0. The van der Waals surface area contributed by atoms with Crippen LogP contribution in [-0.2, 0) is 23.9 Å². The van der Waals surface area contributed by atoms with Gasteiger partial charge in [-0.15, -0.1) is 0 Å². The third-order valence-electron chi connectivity index (χ3n) is 14.2. The third-order valence-corrected chi connectivity index (χ3v) is 14.2. The average Bonchev–Trinajstić information content (AvgIpc) is 3.30. The minimum Gasteiger partial charge on any atom is -0.465 e. The van der Waals surface area contributed by atoms with Gasteiger partial charge in [-0.1, -0.05) is 221 Å². The van der Waals surface area contributed by atoms with Gasteiger partial charge in [0.2, 0.25) is 5.91 Å². The van der Waals surface area contributed by atoms with E-state index in [1.54, 1.807) is 0 Å². The van der Waals surface area contributed by atoms with E-state index in [1.807, 2.05) is 0 Å². The average molecular weight is 934 g/mol. The molecular weight excluding hydrogens is 817 g/mol. The fourth-order valence-corrected chi connectivity index (χ4v) is 9.70. The first kappa shape index (κ1) is 64.4. The van der Waals surface area contributed by atoms with Crippen LogP contribution >= 0.6 is 0 Å². The van der Waals surface area contributed by atoms with Crippen LogP contribution in [0.3, 0.4) is 0 Å². The molecule has 0 fully saturated rings. The number of esters is 2. The lowest BCUT2D eigenvalue weighted by Crippen LogP contribution is -2.41. The van der Waals surface area contributed by atoms with Gasteiger partial charge in [-0.25, -0.2) is 0 Å². The summed E-state index contributed by atoms with van der Waals surface area (Å²) in [4.78, 5) is 44.1. The summed E-state index contributed by atoms with van der Waals surface area (Å²) in [6.45, 7) is 14.3. The zero-order chi connectivity index (χ0) is 48.6. The van der Waals surface area contributed by atoms with E-state index < -0.39 is 0 Å². The fraction of sp³-hybridized carbons (Fsp3) is 0.949. The van der Waals surface area contributed by atoms with Crippen molar-refractivity contribution in [1.29, 1.82) is 0 Å². The fourth-order valence-electron chi connectivity index (χ4n) is 9.70. The highest BCUT2D eigenvalue weighted by Crippen LogP contribution is 2.24. The minimum absolute atomic E-state index is 0.0129. The summed E-state index contributed by atoms with van der Waals surface area (Å²) in [6, 6.07) is 0.285. The van der Waals surface area contributed by atoms with Gasteiger partial charge in [0, 0.05) is 31.8 Å². The smallest absolute Gasteiger partial charge is 0.305 e. The minimum atomic E-state index is -0.0485. The van der Waals surface area contributed by atoms with Gasteiger partial charge in [0.15, 0.2) is 0 Å². The van der Waals surface area contributed by atoms with E-state index in [1.165, 1.54) is 173 Å². The van der Waals surface area contributed by atoms with Gasteiger partial charge in [0.1, 0.15) is 0 Å². The molecule has 0 aromatic carbocycles. The van der Waals surface area contributed by atoms with Crippen LogP contribution in [0.25, 0.3) is 0 Å². The van der Waals surface area contributed by atoms with Crippen molar-refractivity contribution < 1.29 is 23.9 Å². The van der Waals surface area contributed by atoms with Gasteiger partial charge in [0.05, 0.1) is 13.2 Å². The molecule has 0 aromatic heterocycles. The number of nitrogens with zero attached hydrogens (tertiary/aromatic N) is 2. The van der Waals surface area contributed by atoms with Crippen LogP contribution in [0.4, 0.5) is 0 Å². The molecule has 0 aliphatic carbocycles. The Bertz CT molecular complexity index is 1050. The number of carbonyl (C=O) groups excluding carboxylic acids is 3. The topological polar surface area (TPSA) is 76.2 Å². The summed E-state index contributed by atoms with van der Waals surface area (Å²) >= 11 is 0. The summed E-state index contributed by atoms with van der Waals surface area (Å²) in [5, 5.41) is 0. The highest BCUT2D eigenvalue weighted by atomic mass is 16.5. The number of hydrogen-bond donors (Lipinski definition) is 0. The second kappa shape index (κ2) is 49.8. The Morgan fingerprint density at radius 1 is 0.348 bits per heavy atom. The van der Waals surface area contributed by atoms with Gasteiger partial charge in [-0.3, -0.25) is 14.4 Å². The van der Waals surface area contributed by atoms with Crippen molar-refractivity contribution in [2.45, 2.75) is 310 Å². The molecule has 0 aliphatic rings. The summed E-state index contributed by atoms with van der Waals surface area (Å²) in [6.07, 6.45) is 48.1. The standard InChI is InChI=1S/C59H116N2O5/c1-8-13-18-22-24-25-27-35-45-56(46-36-28-30-38-48-59(64)66-53-55(43-33-21-16-11-4)44-34-26-23-19-14-9-2)61(51-40-50-60(6)7)57(62)47-37-29-31-39-49-58(63)65-52-54(41-17-12-5)42-32-20-15-10-3/h54-56H,8-53H2,1-7H3. The number of carbonyl (C=O) groups is 3. The molecule has 0 spiro atoms. The Balaban J connectivity index is 5.14. The second-order valence-electron chi connectivity index (χ2n) is 21.0. The van der Waals surface area contributed by atoms with E-state index in [2.05, 4.69) is 58.5 Å². The molecule has 3 atom stereocenters. The molecule has 66 heavy (non-hydrogen) atoms. The van der Waals surface area contributed by atoms with E-state index in [0.29, 0.717) is 50.2 Å². The van der Waals surface area contributed by atoms with Crippen LogP contribution in [0.15, 0.2) is 0 Å². The van der Waals surface area contributed by atoms with Gasteiger partial charge in [-0.2, -0.15) is 0 Å². The summed E-state index contributed by atoms with van der Waals surface area (Å²) in [7, 11) is 4.25. The molecule has 0 aliphatic heterocycles. The largest absolute Gasteiger partial charge is 0.465 e. The van der Waals surface area contributed by atoms with Crippen molar-refractivity contribution in [2.24, 2.45) is 11.8 Å². The van der Waals surface area contributed by atoms with Crippen LogP contribution in [0.5, 0.6) is 0 Å². The molecule has 0 radical (unpaired) electrons. The lowest BCUT2D eigenvalue weighted by molar-refractivity contribution is -0.146. The molecule has 0 N–H and O–H groups in total. The molecule has 0 rings (SSSR count). The molecule has 3 unspecified atom stereocenters. The predicted octanol–water partition coefficient (Wildman–Crippen LogP) is 17.5. The van der Waals surface area contributed by atoms with Crippen LogP contribution in [0, 0.1) is 11.8 Å². The van der Waals surface area contributed by atoms with Crippen molar-refractivity contribution in [2.75, 3.05) is 40.4 Å². The van der Waals surface area contributed by atoms with Crippen molar-refractivity contribution >= 4 is 17.8 Å². The van der Waals surface area contributed by atoms with Crippen molar-refractivity contribution in [3.63, 3.8) is 0 Å². The van der Waals surface area contributed by atoms with Gasteiger partial charge in [0.25, 0.3) is 0 Å². The molecular formula is C59H116N2O5. The number of unbranched alkanes of at least 4 members (excludes halogenated alkanes) is 25. The quantitative estimate of drug-likeness (QED) is 0.0447. The molecule has 0 aromatic rings. The maximum Gasteiger partial charge on any atom is 0.305 e. The number of hydrogen-bond acceptors (Lipinski definition) is 6. The molecule has 7 heteroatoms. The first-order valence-corrected chi connectivity index (χ1v) is 29.5. The Hall–Kier alpha value is -1.63. The lowest BCUT2D eigenvalue weighted by atomic mass is 9.95. The predicted molar refractivity (Wildman–Crippen MR) is 285 cm³/mol. The first-order valence-electron chi connectivity index (χ1n) is 29.5. The Kier molecular flexibility index (Phi) is 48.6. The van der Waals surface area contributed by atoms with Crippen LogP contribution in [-0.4, -0.2) is 74.1 Å². The van der Waals surface area contributed by atoms with Crippen molar-refractivity contribution in [1.82, 2.24) is 9.80 Å². The van der Waals surface area contributed by atoms with Crippen molar-refractivity contribution in [3.05, 3.63) is 0 Å².